The van der Waals surface area contributed by atoms with Crippen molar-refractivity contribution in [3.05, 3.63) is 33.3 Å². The molecule has 1 aromatic carbocycles. The lowest BCUT2D eigenvalue weighted by Gasteiger charge is -2.06. The number of fused-ring (bicyclic) bond motifs is 1. The van der Waals surface area contributed by atoms with Crippen LogP contribution >= 0.6 is 23.2 Å². The third kappa shape index (κ3) is 1.78. The fourth-order valence-corrected chi connectivity index (χ4v) is 2.11. The van der Waals surface area contributed by atoms with Gasteiger partial charge in [0, 0.05) is 15.6 Å². The maximum absolute atomic E-state index is 11.6. The van der Waals surface area contributed by atoms with Crippen molar-refractivity contribution in [1.82, 2.24) is 0 Å². The number of ketones is 1. The quantitative estimate of drug-likeness (QED) is 0.686. The van der Waals surface area contributed by atoms with E-state index in [0.29, 0.717) is 28.6 Å². The molecule has 0 bridgehead atoms. The summed E-state index contributed by atoms with van der Waals surface area (Å²) in [6.07, 6.45) is 0.664. The maximum Gasteiger partial charge on any atom is 0.188 e. The van der Waals surface area contributed by atoms with Crippen molar-refractivity contribution in [3.8, 4) is 0 Å². The zero-order valence-electron chi connectivity index (χ0n) is 7.35. The van der Waals surface area contributed by atoms with Crippen LogP contribution in [0.25, 0.3) is 0 Å². The van der Waals surface area contributed by atoms with Crippen molar-refractivity contribution in [2.24, 2.45) is 0 Å². The number of rotatable bonds is 0. The lowest BCUT2D eigenvalue weighted by Crippen LogP contribution is -2.06. The first-order valence-electron chi connectivity index (χ1n) is 4.27. The molecule has 0 fully saturated rings. The van der Waals surface area contributed by atoms with Crippen LogP contribution in [0, 0.1) is 0 Å². The van der Waals surface area contributed by atoms with E-state index >= 15 is 0 Å². The van der Waals surface area contributed by atoms with Gasteiger partial charge in [0.2, 0.25) is 0 Å². The van der Waals surface area contributed by atoms with Crippen molar-refractivity contribution < 1.29 is 9.53 Å². The van der Waals surface area contributed by atoms with Crippen molar-refractivity contribution in [1.29, 1.82) is 0 Å². The number of hydrogen-bond acceptors (Lipinski definition) is 2. The monoisotopic (exact) mass is 230 g/mol. The van der Waals surface area contributed by atoms with Gasteiger partial charge in [-0.05, 0) is 24.1 Å². The summed E-state index contributed by atoms with van der Waals surface area (Å²) in [7, 11) is 0. The van der Waals surface area contributed by atoms with Gasteiger partial charge in [-0.25, -0.2) is 0 Å². The molecular weight excluding hydrogens is 223 g/mol. The molecule has 14 heavy (non-hydrogen) atoms. The van der Waals surface area contributed by atoms with E-state index in [1.165, 1.54) is 0 Å². The van der Waals surface area contributed by atoms with Gasteiger partial charge in [-0.2, -0.15) is 0 Å². The van der Waals surface area contributed by atoms with Crippen LogP contribution in [0.1, 0.15) is 15.9 Å². The standard InChI is InChI=1S/C10H8Cl2O2/c11-6-3-8-7(9(12)4-6)1-2-14-5-10(8)13/h3-4H,1-2,5H2. The summed E-state index contributed by atoms with van der Waals surface area (Å²) in [6, 6.07) is 3.31. The molecule has 0 aromatic heterocycles. The van der Waals surface area contributed by atoms with Gasteiger partial charge in [0.25, 0.3) is 0 Å². The average molecular weight is 231 g/mol. The van der Waals surface area contributed by atoms with Crippen LogP contribution < -0.4 is 0 Å². The summed E-state index contributed by atoms with van der Waals surface area (Å²) in [5.74, 6) is -0.0538. The Morgan fingerprint density at radius 3 is 2.86 bits per heavy atom. The Balaban J connectivity index is 2.58. The highest BCUT2D eigenvalue weighted by Gasteiger charge is 2.18. The highest BCUT2D eigenvalue weighted by molar-refractivity contribution is 6.35. The second kappa shape index (κ2) is 3.89. The number of carbonyl (C=O) groups excluding carboxylic acids is 1. The molecule has 2 rings (SSSR count). The first-order valence-corrected chi connectivity index (χ1v) is 5.03. The Morgan fingerprint density at radius 2 is 2.07 bits per heavy atom. The van der Waals surface area contributed by atoms with Crippen molar-refractivity contribution in [3.63, 3.8) is 0 Å². The highest BCUT2D eigenvalue weighted by atomic mass is 35.5. The summed E-state index contributed by atoms with van der Waals surface area (Å²) in [4.78, 5) is 11.6. The second-order valence-electron chi connectivity index (χ2n) is 3.14. The molecule has 0 aliphatic carbocycles. The van der Waals surface area contributed by atoms with Crippen LogP contribution in [-0.2, 0) is 11.2 Å². The van der Waals surface area contributed by atoms with Crippen LogP contribution in [0.15, 0.2) is 12.1 Å². The van der Waals surface area contributed by atoms with Gasteiger partial charge in [-0.1, -0.05) is 23.2 Å². The largest absolute Gasteiger partial charge is 0.373 e. The number of Topliss-reactive ketones (excluding diaryl/α,β-unsaturated/α-hetero) is 1. The lowest BCUT2D eigenvalue weighted by atomic mass is 10.0. The molecule has 1 heterocycles. The molecule has 1 aliphatic rings. The Labute approximate surface area is 91.8 Å². The molecule has 0 radical (unpaired) electrons. The van der Waals surface area contributed by atoms with E-state index in [0.717, 1.165) is 5.56 Å². The van der Waals surface area contributed by atoms with E-state index in [-0.39, 0.29) is 12.4 Å². The molecule has 74 valence electrons. The minimum Gasteiger partial charge on any atom is -0.373 e. The normalized spacial score (nSPS) is 16.3. The fourth-order valence-electron chi connectivity index (χ4n) is 1.52. The van der Waals surface area contributed by atoms with Crippen molar-refractivity contribution in [2.75, 3.05) is 13.2 Å². The second-order valence-corrected chi connectivity index (χ2v) is 3.98. The first kappa shape index (κ1) is 9.97. The van der Waals surface area contributed by atoms with Crippen LogP contribution in [-0.4, -0.2) is 19.0 Å². The third-order valence-corrected chi connectivity index (χ3v) is 2.75. The first-order chi connectivity index (χ1) is 6.68. The van der Waals surface area contributed by atoms with Gasteiger partial charge in [0.1, 0.15) is 6.61 Å². The molecule has 0 spiro atoms. The number of carbonyl (C=O) groups is 1. The van der Waals surface area contributed by atoms with E-state index in [1.54, 1.807) is 12.1 Å². The SMILES string of the molecule is O=C1COCCc2c(Cl)cc(Cl)cc21. The predicted octanol–water partition coefficient (Wildman–Crippen LogP) is 2.75. The van der Waals surface area contributed by atoms with Gasteiger partial charge in [0.15, 0.2) is 5.78 Å². The summed E-state index contributed by atoms with van der Waals surface area (Å²) in [5, 5.41) is 1.04. The predicted molar refractivity (Wildman–Crippen MR) is 55.3 cm³/mol. The van der Waals surface area contributed by atoms with Gasteiger partial charge in [0.05, 0.1) is 6.61 Å². The van der Waals surface area contributed by atoms with Gasteiger partial charge in [-0.3, -0.25) is 4.79 Å². The van der Waals surface area contributed by atoms with Crippen molar-refractivity contribution >= 4 is 29.0 Å². The molecule has 4 heteroatoms. The van der Waals surface area contributed by atoms with E-state index < -0.39 is 0 Å². The minimum atomic E-state index is -0.0538. The molecule has 0 atom stereocenters. The Bertz CT molecular complexity index is 388. The third-order valence-electron chi connectivity index (χ3n) is 2.19. The molecule has 1 aromatic rings. The summed E-state index contributed by atoms with van der Waals surface area (Å²) in [5.41, 5.74) is 1.44. The molecule has 0 amide bonds. The smallest absolute Gasteiger partial charge is 0.188 e. The summed E-state index contributed by atoms with van der Waals surface area (Å²) in [6.45, 7) is 0.643. The molecule has 0 unspecified atom stereocenters. The topological polar surface area (TPSA) is 26.3 Å². The summed E-state index contributed by atoms with van der Waals surface area (Å²) < 4.78 is 5.13. The number of halogens is 2. The Hall–Kier alpha value is -0.570. The van der Waals surface area contributed by atoms with Gasteiger partial charge in [-0.15, -0.1) is 0 Å². The molecule has 0 N–H and O–H groups in total. The van der Waals surface area contributed by atoms with E-state index in [9.17, 15) is 4.79 Å². The fraction of sp³-hybridized carbons (Fsp3) is 0.300. The van der Waals surface area contributed by atoms with Gasteiger partial charge >= 0.3 is 0 Å². The van der Waals surface area contributed by atoms with Crippen LogP contribution in [0.4, 0.5) is 0 Å². The van der Waals surface area contributed by atoms with Crippen molar-refractivity contribution in [2.45, 2.75) is 6.42 Å². The zero-order chi connectivity index (χ0) is 10.1. The molecule has 2 nitrogen and oxygen atoms in total. The van der Waals surface area contributed by atoms with E-state index in [4.69, 9.17) is 27.9 Å². The van der Waals surface area contributed by atoms with Crippen LogP contribution in [0.3, 0.4) is 0 Å². The number of ether oxygens (including phenoxy) is 1. The molecule has 1 aliphatic heterocycles. The number of hydrogen-bond donors (Lipinski definition) is 0. The van der Waals surface area contributed by atoms with E-state index in [2.05, 4.69) is 0 Å². The lowest BCUT2D eigenvalue weighted by molar-refractivity contribution is 0.0788. The maximum atomic E-state index is 11.6. The Kier molecular flexibility index (Phi) is 2.77. The number of benzene rings is 1. The van der Waals surface area contributed by atoms with Crippen LogP contribution in [0.5, 0.6) is 0 Å². The molecule has 0 saturated heterocycles. The minimum absolute atomic E-state index is 0.0538. The summed E-state index contributed by atoms with van der Waals surface area (Å²) >= 11 is 11.8. The molecular formula is C10H8Cl2O2. The molecule has 0 saturated carbocycles. The van der Waals surface area contributed by atoms with Crippen LogP contribution in [0.2, 0.25) is 10.0 Å². The average Bonchev–Trinajstić information content (AvgIpc) is 2.29. The Morgan fingerprint density at radius 1 is 1.29 bits per heavy atom. The highest BCUT2D eigenvalue weighted by Crippen LogP contribution is 2.27. The van der Waals surface area contributed by atoms with E-state index in [1.807, 2.05) is 0 Å². The van der Waals surface area contributed by atoms with Gasteiger partial charge < -0.3 is 4.74 Å². The zero-order valence-corrected chi connectivity index (χ0v) is 8.86.